The van der Waals surface area contributed by atoms with Gasteiger partial charge in [-0.05, 0) is 58.3 Å². The van der Waals surface area contributed by atoms with Crippen molar-refractivity contribution in [1.82, 2.24) is 0 Å². The highest BCUT2D eigenvalue weighted by molar-refractivity contribution is 6.00. The molecular formula is C30H32O9. The lowest BCUT2D eigenvalue weighted by atomic mass is 9.94. The van der Waals surface area contributed by atoms with Gasteiger partial charge < -0.3 is 34.3 Å². The van der Waals surface area contributed by atoms with Crippen LogP contribution in [0.3, 0.4) is 0 Å². The van der Waals surface area contributed by atoms with Crippen LogP contribution in [0.15, 0.2) is 44.7 Å². The van der Waals surface area contributed by atoms with E-state index < -0.39 is 28.5 Å². The minimum Gasteiger partial charge on any atom is -0.506 e. The van der Waals surface area contributed by atoms with Crippen molar-refractivity contribution in [2.45, 2.75) is 53.1 Å². The molecule has 9 nitrogen and oxygen atoms in total. The third-order valence-corrected chi connectivity index (χ3v) is 6.62. The average Bonchev–Trinajstić information content (AvgIpc) is 2.86. The number of phenols is 3. The number of fused-ring (bicyclic) bond motifs is 3. The normalized spacial score (nSPS) is 14.9. The molecule has 0 unspecified atom stereocenters. The fourth-order valence-corrected chi connectivity index (χ4v) is 4.45. The molecule has 2 heterocycles. The van der Waals surface area contributed by atoms with Crippen molar-refractivity contribution in [1.29, 1.82) is 0 Å². The van der Waals surface area contributed by atoms with Crippen LogP contribution in [0.4, 0.5) is 0 Å². The standard InChI is InChI=1S/C30H32O9/c1-15(13-31)6-8-19-23-28(36)24-22(12-21-18(25(24)33)10-11-30(4,5)39-21)38-29(23)20(27(35)26(19)34)9-7-16(2)14-37-17(3)32/h6-7,10-12,31,33-35H,8-9,13-14H2,1-5H3/b15-6+,16-7+. The minimum absolute atomic E-state index is 0.00267. The first-order valence-electron chi connectivity index (χ1n) is 12.5. The lowest BCUT2D eigenvalue weighted by Gasteiger charge is -2.28. The smallest absolute Gasteiger partial charge is 0.302 e. The molecule has 1 aliphatic rings. The fourth-order valence-electron chi connectivity index (χ4n) is 4.45. The first-order chi connectivity index (χ1) is 18.3. The second-order valence-corrected chi connectivity index (χ2v) is 10.3. The predicted molar refractivity (Wildman–Crippen MR) is 147 cm³/mol. The van der Waals surface area contributed by atoms with Crippen LogP contribution in [-0.2, 0) is 22.4 Å². The summed E-state index contributed by atoms with van der Waals surface area (Å²) in [7, 11) is 0. The Labute approximate surface area is 224 Å². The molecule has 0 fully saturated rings. The number of rotatable bonds is 7. The molecule has 0 saturated carbocycles. The summed E-state index contributed by atoms with van der Waals surface area (Å²) < 4.78 is 17.2. The molecule has 1 aromatic heterocycles. The molecule has 0 radical (unpaired) electrons. The van der Waals surface area contributed by atoms with Gasteiger partial charge in [0.2, 0.25) is 5.43 Å². The first-order valence-corrected chi connectivity index (χ1v) is 12.5. The van der Waals surface area contributed by atoms with Gasteiger partial charge in [-0.25, -0.2) is 0 Å². The van der Waals surface area contributed by atoms with Gasteiger partial charge in [0.05, 0.1) is 17.6 Å². The molecule has 9 heteroatoms. The van der Waals surface area contributed by atoms with Crippen LogP contribution in [0.1, 0.15) is 51.3 Å². The Morgan fingerprint density at radius 2 is 1.62 bits per heavy atom. The van der Waals surface area contributed by atoms with Gasteiger partial charge in [-0.2, -0.15) is 0 Å². The molecule has 0 spiro atoms. The van der Waals surface area contributed by atoms with E-state index in [0.29, 0.717) is 22.5 Å². The number of aliphatic hydroxyl groups excluding tert-OH is 1. The molecule has 39 heavy (non-hydrogen) atoms. The maximum Gasteiger partial charge on any atom is 0.302 e. The molecule has 0 amide bonds. The summed E-state index contributed by atoms with van der Waals surface area (Å²) in [5.74, 6) is -1.39. The number of hydrogen-bond acceptors (Lipinski definition) is 9. The third kappa shape index (κ3) is 5.35. The Morgan fingerprint density at radius 1 is 0.974 bits per heavy atom. The topological polar surface area (TPSA) is 147 Å². The van der Waals surface area contributed by atoms with E-state index >= 15 is 0 Å². The molecule has 0 aliphatic carbocycles. The summed E-state index contributed by atoms with van der Waals surface area (Å²) in [4.78, 5) is 25.1. The summed E-state index contributed by atoms with van der Waals surface area (Å²) in [6, 6.07) is 1.53. The minimum atomic E-state index is -0.645. The van der Waals surface area contributed by atoms with Gasteiger partial charge in [-0.15, -0.1) is 0 Å². The van der Waals surface area contributed by atoms with Crippen LogP contribution in [0, 0.1) is 0 Å². The highest BCUT2D eigenvalue weighted by atomic mass is 16.5. The van der Waals surface area contributed by atoms with Crippen LogP contribution < -0.4 is 10.2 Å². The van der Waals surface area contributed by atoms with Crippen molar-refractivity contribution in [3.05, 3.63) is 62.4 Å². The maximum atomic E-state index is 14.0. The van der Waals surface area contributed by atoms with E-state index in [-0.39, 0.29) is 64.9 Å². The molecule has 4 N–H and O–H groups in total. The number of carbonyl (C=O) groups is 1. The Hall–Kier alpha value is -4.24. The first kappa shape index (κ1) is 27.8. The zero-order valence-corrected chi connectivity index (χ0v) is 22.5. The summed E-state index contributed by atoms with van der Waals surface area (Å²) in [5.41, 5.74) is 0.707. The Balaban J connectivity index is 2.04. The van der Waals surface area contributed by atoms with Gasteiger partial charge in [-0.1, -0.05) is 17.7 Å². The number of hydrogen-bond donors (Lipinski definition) is 4. The molecule has 3 aromatic rings. The highest BCUT2D eigenvalue weighted by Crippen LogP contribution is 2.45. The third-order valence-electron chi connectivity index (χ3n) is 6.62. The van der Waals surface area contributed by atoms with Crippen molar-refractivity contribution in [2.75, 3.05) is 13.2 Å². The van der Waals surface area contributed by atoms with Crippen molar-refractivity contribution in [3.8, 4) is 23.0 Å². The molecule has 0 bridgehead atoms. The number of esters is 1. The zero-order chi connectivity index (χ0) is 28.6. The Morgan fingerprint density at radius 3 is 2.28 bits per heavy atom. The summed E-state index contributed by atoms with van der Waals surface area (Å²) in [6.07, 6.45) is 6.84. The van der Waals surface area contributed by atoms with E-state index in [9.17, 15) is 30.0 Å². The van der Waals surface area contributed by atoms with Crippen LogP contribution in [0.25, 0.3) is 28.0 Å². The van der Waals surface area contributed by atoms with Crippen LogP contribution >= 0.6 is 0 Å². The van der Waals surface area contributed by atoms with Gasteiger partial charge in [0.25, 0.3) is 0 Å². The number of allylic oxidation sites excluding steroid dienone is 2. The molecule has 206 valence electrons. The highest BCUT2D eigenvalue weighted by Gasteiger charge is 2.29. The van der Waals surface area contributed by atoms with Crippen molar-refractivity contribution < 1.29 is 39.1 Å². The monoisotopic (exact) mass is 536 g/mol. The van der Waals surface area contributed by atoms with E-state index in [0.717, 1.165) is 0 Å². The second kappa shape index (κ2) is 10.5. The molecule has 2 aromatic carbocycles. The largest absolute Gasteiger partial charge is 0.506 e. The fraction of sp³-hybridized carbons (Fsp3) is 0.333. The molecule has 1 aliphatic heterocycles. The van der Waals surface area contributed by atoms with E-state index in [1.54, 1.807) is 38.2 Å². The molecular weight excluding hydrogens is 504 g/mol. The quantitative estimate of drug-likeness (QED) is 0.145. The van der Waals surface area contributed by atoms with Gasteiger partial charge in [-0.3, -0.25) is 9.59 Å². The van der Waals surface area contributed by atoms with Gasteiger partial charge >= 0.3 is 5.97 Å². The second-order valence-electron chi connectivity index (χ2n) is 10.3. The number of aromatic hydroxyl groups is 3. The van der Waals surface area contributed by atoms with Crippen LogP contribution in [0.2, 0.25) is 0 Å². The zero-order valence-electron chi connectivity index (χ0n) is 22.5. The number of aliphatic hydroxyl groups is 1. The van der Waals surface area contributed by atoms with Gasteiger partial charge in [0.1, 0.15) is 40.3 Å². The average molecular weight is 537 g/mol. The van der Waals surface area contributed by atoms with E-state index in [1.165, 1.54) is 13.0 Å². The van der Waals surface area contributed by atoms with E-state index in [4.69, 9.17) is 13.9 Å². The number of benzene rings is 2. The molecule has 0 atom stereocenters. The number of carbonyl (C=O) groups excluding carboxylic acids is 1. The van der Waals surface area contributed by atoms with Gasteiger partial charge in [0, 0.05) is 24.1 Å². The van der Waals surface area contributed by atoms with Gasteiger partial charge in [0.15, 0.2) is 11.5 Å². The van der Waals surface area contributed by atoms with Crippen LogP contribution in [0.5, 0.6) is 23.0 Å². The van der Waals surface area contributed by atoms with E-state index in [2.05, 4.69) is 0 Å². The number of ether oxygens (including phenoxy) is 2. The lowest BCUT2D eigenvalue weighted by molar-refractivity contribution is -0.139. The van der Waals surface area contributed by atoms with Crippen LogP contribution in [-0.4, -0.2) is 45.2 Å². The van der Waals surface area contributed by atoms with E-state index in [1.807, 2.05) is 13.8 Å². The molecule has 0 saturated heterocycles. The van der Waals surface area contributed by atoms with Crippen molar-refractivity contribution in [2.24, 2.45) is 0 Å². The number of phenolic OH excluding ortho intramolecular Hbond substituents is 3. The lowest BCUT2D eigenvalue weighted by Crippen LogP contribution is -2.27. The Bertz CT molecular complexity index is 1630. The molecule has 4 rings (SSSR count). The maximum absolute atomic E-state index is 14.0. The Kier molecular flexibility index (Phi) is 7.48. The predicted octanol–water partition coefficient (Wildman–Crippen LogP) is 4.78. The SMILES string of the molecule is CC(=O)OC/C(C)=C/Cc1c(O)c(O)c(C/C=C(\C)CO)c2c(=O)c3c(O)c4c(cc3oc12)OC(C)(C)C=C4. The van der Waals surface area contributed by atoms with Crippen molar-refractivity contribution in [3.63, 3.8) is 0 Å². The summed E-state index contributed by atoms with van der Waals surface area (Å²) in [5, 5.41) is 42.5. The summed E-state index contributed by atoms with van der Waals surface area (Å²) >= 11 is 0. The van der Waals surface area contributed by atoms with Crippen molar-refractivity contribution >= 4 is 34.0 Å². The summed E-state index contributed by atoms with van der Waals surface area (Å²) in [6.45, 7) is 8.24.